The molecule has 0 spiro atoms. The number of nitrogens with two attached hydrogens (primary N) is 1. The number of nitrogens with one attached hydrogen (secondary N) is 1. The molecule has 2 rings (SSSR count). The summed E-state index contributed by atoms with van der Waals surface area (Å²) in [5.74, 6) is -0.528. The lowest BCUT2D eigenvalue weighted by molar-refractivity contribution is 0.0945. The third kappa shape index (κ3) is 4.90. The second-order valence-corrected chi connectivity index (χ2v) is 6.46. The van der Waals surface area contributed by atoms with Crippen LogP contribution < -0.4 is 10.5 Å². The first-order valence-electron chi connectivity index (χ1n) is 6.48. The van der Waals surface area contributed by atoms with Crippen LogP contribution in [0.1, 0.15) is 27.3 Å². The zero-order valence-electron chi connectivity index (χ0n) is 12.0. The summed E-state index contributed by atoms with van der Waals surface area (Å²) < 4.78 is 22.0. The fourth-order valence-corrected chi connectivity index (χ4v) is 2.43. The van der Waals surface area contributed by atoms with E-state index in [0.717, 1.165) is 11.3 Å². The lowest BCUT2D eigenvalue weighted by Gasteiger charge is -2.06. The van der Waals surface area contributed by atoms with E-state index < -0.39 is 10.0 Å². The van der Waals surface area contributed by atoms with E-state index in [2.05, 4.69) is 15.3 Å². The minimum absolute atomic E-state index is 0.210. The van der Waals surface area contributed by atoms with E-state index in [9.17, 15) is 13.2 Å². The zero-order chi connectivity index (χ0) is 16.2. The predicted octanol–water partition coefficient (Wildman–Crippen LogP) is 0.504. The van der Waals surface area contributed by atoms with E-state index in [1.165, 1.54) is 12.4 Å². The monoisotopic (exact) mass is 320 g/mol. The summed E-state index contributed by atoms with van der Waals surface area (Å²) >= 11 is 0. The van der Waals surface area contributed by atoms with Gasteiger partial charge < -0.3 is 5.32 Å². The van der Waals surface area contributed by atoms with Gasteiger partial charge >= 0.3 is 0 Å². The second kappa shape index (κ2) is 6.63. The van der Waals surface area contributed by atoms with Crippen molar-refractivity contribution in [2.75, 3.05) is 0 Å². The first-order chi connectivity index (χ1) is 10.3. The number of aryl methyl sites for hydroxylation is 1. The maximum atomic E-state index is 11.9. The lowest BCUT2D eigenvalue weighted by atomic mass is 10.1. The van der Waals surface area contributed by atoms with Crippen LogP contribution in [0.3, 0.4) is 0 Å². The minimum Gasteiger partial charge on any atom is -0.347 e. The van der Waals surface area contributed by atoms with E-state index in [1.54, 1.807) is 31.2 Å². The third-order valence-corrected chi connectivity index (χ3v) is 3.59. The highest BCUT2D eigenvalue weighted by Crippen LogP contribution is 2.07. The van der Waals surface area contributed by atoms with Gasteiger partial charge in [0.05, 0.1) is 17.6 Å². The van der Waals surface area contributed by atoms with Crippen molar-refractivity contribution in [3.05, 3.63) is 59.2 Å². The van der Waals surface area contributed by atoms with Crippen molar-refractivity contribution in [1.29, 1.82) is 0 Å². The molecular weight excluding hydrogens is 304 g/mol. The van der Waals surface area contributed by atoms with Crippen LogP contribution in [0.15, 0.2) is 36.7 Å². The van der Waals surface area contributed by atoms with E-state index in [4.69, 9.17) is 5.14 Å². The normalized spacial score (nSPS) is 11.2. The second-order valence-electron chi connectivity index (χ2n) is 4.85. The number of hydrogen-bond donors (Lipinski definition) is 2. The fraction of sp³-hybridized carbons (Fsp3) is 0.214. The van der Waals surface area contributed by atoms with Crippen LogP contribution >= 0.6 is 0 Å². The highest BCUT2D eigenvalue weighted by Gasteiger charge is 2.08. The molecular formula is C14H16N4O3S. The van der Waals surface area contributed by atoms with E-state index >= 15 is 0 Å². The van der Waals surface area contributed by atoms with Gasteiger partial charge in [-0.15, -0.1) is 0 Å². The maximum absolute atomic E-state index is 11.9. The molecule has 1 aromatic heterocycles. The molecule has 8 heteroatoms. The Balaban J connectivity index is 1.94. The standard InChI is InChI=1S/C14H16N4O3S/c1-10-6-17-13(8-16-10)14(19)18-7-11-2-4-12(5-3-11)9-22(15,20)21/h2-6,8H,7,9H2,1H3,(H,18,19)(H2,15,20,21). The topological polar surface area (TPSA) is 115 Å². The number of sulfonamides is 1. The van der Waals surface area contributed by atoms with Crippen LogP contribution in [-0.4, -0.2) is 24.3 Å². The number of hydrogen-bond acceptors (Lipinski definition) is 5. The van der Waals surface area contributed by atoms with Crippen LogP contribution in [0, 0.1) is 6.92 Å². The summed E-state index contributed by atoms with van der Waals surface area (Å²) in [5.41, 5.74) is 2.42. The van der Waals surface area contributed by atoms with Gasteiger partial charge in [0.1, 0.15) is 5.69 Å². The van der Waals surface area contributed by atoms with Crippen molar-refractivity contribution in [3.8, 4) is 0 Å². The van der Waals surface area contributed by atoms with E-state index in [1.807, 2.05) is 0 Å². The Kier molecular flexibility index (Phi) is 4.84. The van der Waals surface area contributed by atoms with Crippen LogP contribution in [0.4, 0.5) is 0 Å². The fourth-order valence-electron chi connectivity index (χ4n) is 1.77. The summed E-state index contributed by atoms with van der Waals surface area (Å²) in [4.78, 5) is 19.9. The average molecular weight is 320 g/mol. The summed E-state index contributed by atoms with van der Waals surface area (Å²) in [6.07, 6.45) is 2.94. The SMILES string of the molecule is Cc1cnc(C(=O)NCc2ccc(CS(N)(=O)=O)cc2)cn1. The molecule has 1 amide bonds. The van der Waals surface area contributed by atoms with Crippen molar-refractivity contribution in [3.63, 3.8) is 0 Å². The number of carbonyl (C=O) groups excluding carboxylic acids is 1. The van der Waals surface area contributed by atoms with Gasteiger partial charge in [0.25, 0.3) is 5.91 Å². The molecule has 0 aliphatic heterocycles. The largest absolute Gasteiger partial charge is 0.347 e. The summed E-state index contributed by atoms with van der Waals surface area (Å²) in [5, 5.41) is 7.70. The maximum Gasteiger partial charge on any atom is 0.271 e. The van der Waals surface area contributed by atoms with Gasteiger partial charge in [0.15, 0.2) is 0 Å². The number of benzene rings is 1. The van der Waals surface area contributed by atoms with Gasteiger partial charge in [-0.25, -0.2) is 18.5 Å². The van der Waals surface area contributed by atoms with Crippen molar-refractivity contribution in [1.82, 2.24) is 15.3 Å². The Morgan fingerprint density at radius 3 is 2.32 bits per heavy atom. The van der Waals surface area contributed by atoms with Crippen molar-refractivity contribution < 1.29 is 13.2 Å². The molecule has 0 radical (unpaired) electrons. The number of primary sulfonamides is 1. The van der Waals surface area contributed by atoms with Crippen LogP contribution in [-0.2, 0) is 22.3 Å². The van der Waals surface area contributed by atoms with Crippen LogP contribution in [0.2, 0.25) is 0 Å². The number of amides is 1. The summed E-state index contributed by atoms with van der Waals surface area (Å²) in [6.45, 7) is 2.10. The third-order valence-electron chi connectivity index (χ3n) is 2.86. The van der Waals surface area contributed by atoms with Crippen molar-refractivity contribution in [2.24, 2.45) is 5.14 Å². The van der Waals surface area contributed by atoms with Gasteiger partial charge in [-0.1, -0.05) is 24.3 Å². The highest BCUT2D eigenvalue weighted by molar-refractivity contribution is 7.88. The molecule has 1 heterocycles. The van der Waals surface area contributed by atoms with Crippen molar-refractivity contribution >= 4 is 15.9 Å². The molecule has 7 nitrogen and oxygen atoms in total. The molecule has 116 valence electrons. The first-order valence-corrected chi connectivity index (χ1v) is 8.20. The first kappa shape index (κ1) is 16.1. The van der Waals surface area contributed by atoms with E-state index in [-0.39, 0.29) is 17.4 Å². The Bertz CT molecular complexity index is 756. The summed E-state index contributed by atoms with van der Waals surface area (Å²) in [7, 11) is -3.54. The predicted molar refractivity (Wildman–Crippen MR) is 81.2 cm³/mol. The molecule has 0 atom stereocenters. The zero-order valence-corrected chi connectivity index (χ0v) is 12.8. The lowest BCUT2D eigenvalue weighted by Crippen LogP contribution is -2.24. The van der Waals surface area contributed by atoms with Gasteiger partial charge in [0, 0.05) is 12.7 Å². The molecule has 2 aromatic rings. The van der Waals surface area contributed by atoms with E-state index in [0.29, 0.717) is 12.1 Å². The van der Waals surface area contributed by atoms with Crippen molar-refractivity contribution in [2.45, 2.75) is 19.2 Å². The van der Waals surface area contributed by atoms with Crippen LogP contribution in [0.5, 0.6) is 0 Å². The molecule has 0 saturated carbocycles. The Morgan fingerprint density at radius 1 is 1.14 bits per heavy atom. The van der Waals surface area contributed by atoms with Gasteiger partial charge in [-0.05, 0) is 18.1 Å². The molecule has 0 aliphatic rings. The molecule has 0 aliphatic carbocycles. The molecule has 1 aromatic carbocycles. The molecule has 0 bridgehead atoms. The van der Waals surface area contributed by atoms with Gasteiger partial charge in [0.2, 0.25) is 10.0 Å². The number of carbonyl (C=O) groups is 1. The highest BCUT2D eigenvalue weighted by atomic mass is 32.2. The summed E-state index contributed by atoms with van der Waals surface area (Å²) in [6, 6.07) is 6.80. The molecule has 0 fully saturated rings. The molecule has 0 saturated heterocycles. The van der Waals surface area contributed by atoms with Gasteiger partial charge in [-0.3, -0.25) is 9.78 Å². The van der Waals surface area contributed by atoms with Crippen LogP contribution in [0.25, 0.3) is 0 Å². The molecule has 3 N–H and O–H groups in total. The van der Waals surface area contributed by atoms with Gasteiger partial charge in [-0.2, -0.15) is 0 Å². The minimum atomic E-state index is -3.54. The number of aromatic nitrogens is 2. The molecule has 0 unspecified atom stereocenters. The Hall–Kier alpha value is -2.32. The number of nitrogens with zero attached hydrogens (tertiary/aromatic N) is 2. The average Bonchev–Trinajstić information content (AvgIpc) is 2.45. The Morgan fingerprint density at radius 2 is 1.77 bits per heavy atom. The quantitative estimate of drug-likeness (QED) is 0.832. The Labute approximate surface area is 128 Å². The smallest absolute Gasteiger partial charge is 0.271 e. The molecule has 22 heavy (non-hydrogen) atoms. The number of rotatable bonds is 5.